The number of nitrogens with zero attached hydrogens (tertiary/aromatic N) is 6. The van der Waals surface area contributed by atoms with Crippen molar-refractivity contribution in [2.75, 3.05) is 18.1 Å². The van der Waals surface area contributed by atoms with Gasteiger partial charge >= 0.3 is 0 Å². The summed E-state index contributed by atoms with van der Waals surface area (Å²) in [5.41, 5.74) is 8.18. The monoisotopic (exact) mass is 521 g/mol. The lowest BCUT2D eigenvalue weighted by Gasteiger charge is -2.37. The van der Waals surface area contributed by atoms with Gasteiger partial charge in [-0.15, -0.1) is 10.2 Å². The summed E-state index contributed by atoms with van der Waals surface area (Å²) in [6.07, 6.45) is 6.14. The van der Waals surface area contributed by atoms with Crippen LogP contribution in [-0.4, -0.2) is 67.3 Å². The molecule has 0 spiro atoms. The Kier molecular flexibility index (Phi) is 6.25. The fraction of sp³-hybridized carbons (Fsp3) is 0.519. The summed E-state index contributed by atoms with van der Waals surface area (Å²) in [7, 11) is 0. The predicted molar refractivity (Wildman–Crippen MR) is 139 cm³/mol. The Morgan fingerprint density at radius 1 is 1.05 bits per heavy atom. The van der Waals surface area contributed by atoms with E-state index in [-0.39, 0.29) is 17.7 Å². The molecule has 3 heterocycles. The van der Waals surface area contributed by atoms with Gasteiger partial charge in [0.2, 0.25) is 5.95 Å². The molecule has 2 saturated carbocycles. The van der Waals surface area contributed by atoms with Crippen LogP contribution in [0.25, 0.3) is 22.5 Å². The molecule has 200 valence electrons. The molecule has 4 atom stereocenters. The van der Waals surface area contributed by atoms with Crippen molar-refractivity contribution >= 4 is 5.95 Å². The zero-order valence-corrected chi connectivity index (χ0v) is 21.5. The van der Waals surface area contributed by atoms with Gasteiger partial charge < -0.3 is 25.2 Å². The lowest BCUT2D eigenvalue weighted by molar-refractivity contribution is 0.157. The highest BCUT2D eigenvalue weighted by atomic mass is 19.1. The maximum atomic E-state index is 15.6. The quantitative estimate of drug-likeness (QED) is 0.479. The molecule has 6 rings (SSSR count). The average molecular weight is 522 g/mol. The molecule has 38 heavy (non-hydrogen) atoms. The number of rotatable bonds is 5. The fourth-order valence-corrected chi connectivity index (χ4v) is 5.36. The van der Waals surface area contributed by atoms with Crippen molar-refractivity contribution in [3.8, 4) is 40.0 Å². The zero-order chi connectivity index (χ0) is 26.4. The highest BCUT2D eigenvalue weighted by Gasteiger charge is 2.45. The van der Waals surface area contributed by atoms with Crippen molar-refractivity contribution in [1.29, 1.82) is 0 Å². The maximum absolute atomic E-state index is 15.6. The van der Waals surface area contributed by atoms with E-state index in [0.29, 0.717) is 59.9 Å². The summed E-state index contributed by atoms with van der Waals surface area (Å²) in [6.45, 7) is 4.80. The standard InChI is InChI=1S/C27H32FN7O3/c1-15-7-8-27(2,29)12-21(23(15)28)35(17-4-5-17)26-31-14-20(33-34-26)18-6-3-16(11-22(18)36)19-13-30-24-25(32-19)38-10-9-37-24/h3,6,11,13-15,17,21,23,36H,4-5,7-10,12,29H2,1-2H3/t15?,21-,23+,27-/m0/s1. The topological polar surface area (TPSA) is 132 Å². The van der Waals surface area contributed by atoms with Gasteiger partial charge in [-0.2, -0.15) is 0 Å². The first kappa shape index (κ1) is 24.7. The van der Waals surface area contributed by atoms with Crippen molar-refractivity contribution in [3.05, 3.63) is 30.6 Å². The Bertz CT molecular complexity index is 1320. The van der Waals surface area contributed by atoms with Gasteiger partial charge in [0.15, 0.2) is 0 Å². The number of anilines is 1. The first-order chi connectivity index (χ1) is 18.3. The summed E-state index contributed by atoms with van der Waals surface area (Å²) in [4.78, 5) is 15.3. The number of ether oxygens (including phenoxy) is 2. The second-order valence-electron chi connectivity index (χ2n) is 11.0. The smallest absolute Gasteiger partial charge is 0.278 e. The molecule has 1 aliphatic heterocycles. The predicted octanol–water partition coefficient (Wildman–Crippen LogP) is 3.69. The summed E-state index contributed by atoms with van der Waals surface area (Å²) in [5.74, 6) is 1.000. The zero-order valence-electron chi connectivity index (χ0n) is 21.5. The molecule has 1 aromatic carbocycles. The third-order valence-electron chi connectivity index (χ3n) is 7.67. The molecule has 3 aliphatic rings. The largest absolute Gasteiger partial charge is 0.507 e. The van der Waals surface area contributed by atoms with E-state index in [1.165, 1.54) is 0 Å². The fourth-order valence-electron chi connectivity index (χ4n) is 5.36. The van der Waals surface area contributed by atoms with Crippen molar-refractivity contribution in [2.45, 2.75) is 69.7 Å². The molecule has 0 radical (unpaired) electrons. The third-order valence-corrected chi connectivity index (χ3v) is 7.67. The van der Waals surface area contributed by atoms with Crippen molar-refractivity contribution in [1.82, 2.24) is 25.1 Å². The van der Waals surface area contributed by atoms with Crippen LogP contribution in [0.3, 0.4) is 0 Å². The number of phenolic OH excluding ortho intramolecular Hbond substituents is 1. The highest BCUT2D eigenvalue weighted by Crippen LogP contribution is 2.40. The number of nitrogens with two attached hydrogens (primary N) is 1. The lowest BCUT2D eigenvalue weighted by atomic mass is 9.91. The second kappa shape index (κ2) is 9.61. The molecule has 2 aliphatic carbocycles. The highest BCUT2D eigenvalue weighted by molar-refractivity contribution is 5.72. The summed E-state index contributed by atoms with van der Waals surface area (Å²) < 4.78 is 26.5. The van der Waals surface area contributed by atoms with Crippen LogP contribution < -0.4 is 20.1 Å². The lowest BCUT2D eigenvalue weighted by Crippen LogP contribution is -2.50. The molecular formula is C27H32FN7O3. The van der Waals surface area contributed by atoms with Gasteiger partial charge in [-0.05, 0) is 57.1 Å². The number of phenols is 1. The van der Waals surface area contributed by atoms with Gasteiger partial charge in [0, 0.05) is 22.7 Å². The van der Waals surface area contributed by atoms with E-state index < -0.39 is 17.8 Å². The number of benzene rings is 1. The Labute approximate surface area is 220 Å². The molecule has 1 unspecified atom stereocenters. The number of halogens is 1. The van der Waals surface area contributed by atoms with Crippen molar-refractivity contribution in [2.24, 2.45) is 11.7 Å². The van der Waals surface area contributed by atoms with Crippen LogP contribution in [0.4, 0.5) is 10.3 Å². The molecule has 0 bridgehead atoms. The van der Waals surface area contributed by atoms with E-state index in [0.717, 1.165) is 25.7 Å². The first-order valence-corrected chi connectivity index (χ1v) is 13.2. The Morgan fingerprint density at radius 3 is 2.53 bits per heavy atom. The van der Waals surface area contributed by atoms with E-state index >= 15 is 4.39 Å². The van der Waals surface area contributed by atoms with Crippen molar-refractivity contribution in [3.63, 3.8) is 0 Å². The molecule has 2 fully saturated rings. The second-order valence-corrected chi connectivity index (χ2v) is 11.0. The van der Waals surface area contributed by atoms with Crippen LogP contribution in [-0.2, 0) is 0 Å². The number of aromatic hydroxyl groups is 1. The van der Waals surface area contributed by atoms with E-state index in [1.54, 1.807) is 24.5 Å². The summed E-state index contributed by atoms with van der Waals surface area (Å²) in [6, 6.07) is 4.92. The maximum Gasteiger partial charge on any atom is 0.278 e. The van der Waals surface area contributed by atoms with E-state index in [2.05, 4.69) is 25.1 Å². The van der Waals surface area contributed by atoms with Crippen LogP contribution in [0.2, 0.25) is 0 Å². The van der Waals surface area contributed by atoms with Crippen LogP contribution in [0, 0.1) is 5.92 Å². The van der Waals surface area contributed by atoms with E-state index in [4.69, 9.17) is 15.2 Å². The van der Waals surface area contributed by atoms with Gasteiger partial charge in [-0.1, -0.05) is 13.0 Å². The van der Waals surface area contributed by atoms with Gasteiger partial charge in [-0.3, -0.25) is 0 Å². The molecule has 3 N–H and O–H groups in total. The van der Waals surface area contributed by atoms with Gasteiger partial charge in [0.25, 0.3) is 11.8 Å². The van der Waals surface area contributed by atoms with Crippen LogP contribution in [0.1, 0.15) is 46.0 Å². The Balaban J connectivity index is 1.26. The summed E-state index contributed by atoms with van der Waals surface area (Å²) >= 11 is 0. The van der Waals surface area contributed by atoms with Gasteiger partial charge in [0.1, 0.15) is 30.8 Å². The van der Waals surface area contributed by atoms with E-state index in [1.807, 2.05) is 24.8 Å². The number of hydrogen-bond donors (Lipinski definition) is 2. The van der Waals surface area contributed by atoms with E-state index in [9.17, 15) is 5.11 Å². The molecule has 3 aromatic rings. The molecular weight excluding hydrogens is 489 g/mol. The SMILES string of the molecule is CC1CC[C@](C)(N)C[C@H](N(c2ncc(-c3ccc(-c4cnc5c(n4)OCCO5)cc3O)nn2)C2CC2)[C@@H]1F. The Hall–Kier alpha value is -3.60. The number of aromatic nitrogens is 5. The number of fused-ring (bicyclic) bond motifs is 1. The molecule has 0 amide bonds. The average Bonchev–Trinajstić information content (AvgIpc) is 3.77. The molecule has 0 saturated heterocycles. The van der Waals surface area contributed by atoms with Crippen LogP contribution in [0.5, 0.6) is 17.5 Å². The molecule has 2 aromatic heterocycles. The third kappa shape index (κ3) is 4.82. The van der Waals surface area contributed by atoms with Gasteiger partial charge in [0.05, 0.1) is 24.1 Å². The van der Waals surface area contributed by atoms with Crippen LogP contribution in [0.15, 0.2) is 30.6 Å². The first-order valence-electron chi connectivity index (χ1n) is 13.2. The number of alkyl halides is 1. The molecule has 10 nitrogen and oxygen atoms in total. The minimum atomic E-state index is -1.02. The number of hydrogen-bond acceptors (Lipinski definition) is 10. The van der Waals surface area contributed by atoms with Crippen molar-refractivity contribution < 1.29 is 19.0 Å². The van der Waals surface area contributed by atoms with Gasteiger partial charge in [-0.25, -0.2) is 19.3 Å². The van der Waals surface area contributed by atoms with Crippen LogP contribution >= 0.6 is 0 Å². The minimum Gasteiger partial charge on any atom is -0.507 e. The normalized spacial score (nSPS) is 27.0. The Morgan fingerprint density at radius 2 is 1.82 bits per heavy atom. The molecule has 11 heteroatoms. The minimum absolute atomic E-state index is 0.00222. The summed E-state index contributed by atoms with van der Waals surface area (Å²) in [5, 5.41) is 19.6.